The Bertz CT molecular complexity index is 578. The number of allylic oxidation sites excluding steroid dienone is 2. The van der Waals surface area contributed by atoms with Gasteiger partial charge in [-0.15, -0.1) is 0 Å². The van der Waals surface area contributed by atoms with Crippen molar-refractivity contribution in [3.05, 3.63) is 47.2 Å². The van der Waals surface area contributed by atoms with Gasteiger partial charge in [0.1, 0.15) is 0 Å². The minimum absolute atomic E-state index is 0.103. The van der Waals surface area contributed by atoms with Gasteiger partial charge < -0.3 is 10.5 Å². The fourth-order valence-corrected chi connectivity index (χ4v) is 1.54. The Hall–Kier alpha value is -2.11. The van der Waals surface area contributed by atoms with Crippen molar-refractivity contribution in [2.24, 2.45) is 5.41 Å². The zero-order valence-corrected chi connectivity index (χ0v) is 11.9. The molecule has 0 aliphatic rings. The number of benzene rings is 1. The van der Waals surface area contributed by atoms with Crippen molar-refractivity contribution in [2.75, 3.05) is 0 Å². The molecule has 0 bridgehead atoms. The molecular formula is C15H16F3NO2. The highest BCUT2D eigenvalue weighted by Gasteiger charge is 2.34. The van der Waals surface area contributed by atoms with Gasteiger partial charge in [-0.25, -0.2) is 0 Å². The van der Waals surface area contributed by atoms with Crippen molar-refractivity contribution in [3.8, 4) is 0 Å². The first kappa shape index (κ1) is 16.9. The molecule has 0 aliphatic heterocycles. The van der Waals surface area contributed by atoms with Gasteiger partial charge in [0.25, 0.3) is 0 Å². The van der Waals surface area contributed by atoms with Crippen LogP contribution in [-0.4, -0.2) is 22.8 Å². The molecule has 0 amide bonds. The summed E-state index contributed by atoms with van der Waals surface area (Å²) in [5.74, 6) is -1.93. The molecule has 0 radical (unpaired) electrons. The van der Waals surface area contributed by atoms with Crippen LogP contribution >= 0.6 is 0 Å². The third kappa shape index (κ3) is 4.44. The van der Waals surface area contributed by atoms with Crippen molar-refractivity contribution in [1.29, 1.82) is 5.41 Å². The molecule has 3 nitrogen and oxygen atoms in total. The molecule has 0 fully saturated rings. The van der Waals surface area contributed by atoms with Gasteiger partial charge >= 0.3 is 6.18 Å². The first-order chi connectivity index (χ1) is 9.43. The summed E-state index contributed by atoms with van der Waals surface area (Å²) >= 11 is 0. The Morgan fingerprint density at radius 2 is 1.52 bits per heavy atom. The van der Waals surface area contributed by atoms with E-state index in [1.54, 1.807) is 20.8 Å². The van der Waals surface area contributed by atoms with Gasteiger partial charge in [-0.1, -0.05) is 45.0 Å². The molecular weight excluding hydrogens is 283 g/mol. The summed E-state index contributed by atoms with van der Waals surface area (Å²) in [6.07, 6.45) is -4.55. The minimum atomic E-state index is -4.88. The molecule has 0 aliphatic carbocycles. The minimum Gasteiger partial charge on any atom is -0.504 e. The van der Waals surface area contributed by atoms with E-state index in [0.717, 1.165) is 0 Å². The Labute approximate surface area is 120 Å². The van der Waals surface area contributed by atoms with Crippen molar-refractivity contribution in [1.82, 2.24) is 0 Å². The first-order valence-corrected chi connectivity index (χ1v) is 6.14. The zero-order chi connectivity index (χ0) is 16.4. The lowest BCUT2D eigenvalue weighted by Crippen LogP contribution is -2.20. The summed E-state index contributed by atoms with van der Waals surface area (Å²) in [5, 5.41) is 16.3. The summed E-state index contributed by atoms with van der Waals surface area (Å²) < 4.78 is 36.5. The Kier molecular flexibility index (Phi) is 4.61. The normalized spacial score (nSPS) is 13.1. The predicted octanol–water partition coefficient (Wildman–Crippen LogP) is 4.29. The molecule has 0 spiro atoms. The molecule has 0 aromatic heterocycles. The van der Waals surface area contributed by atoms with E-state index >= 15 is 0 Å². The molecule has 0 saturated carbocycles. The van der Waals surface area contributed by atoms with Gasteiger partial charge in [0, 0.05) is 17.1 Å². The average Bonchev–Trinajstić information content (AvgIpc) is 2.35. The monoisotopic (exact) mass is 299 g/mol. The van der Waals surface area contributed by atoms with Crippen LogP contribution in [0.3, 0.4) is 0 Å². The van der Waals surface area contributed by atoms with E-state index in [4.69, 9.17) is 10.5 Å². The average molecular weight is 299 g/mol. The molecule has 114 valence electrons. The van der Waals surface area contributed by atoms with Crippen LogP contribution in [0.25, 0.3) is 0 Å². The molecule has 6 heteroatoms. The highest BCUT2D eigenvalue weighted by atomic mass is 19.4. The number of aliphatic hydroxyl groups excluding tert-OH is 1. The van der Waals surface area contributed by atoms with E-state index in [9.17, 15) is 18.0 Å². The van der Waals surface area contributed by atoms with Crippen LogP contribution in [0, 0.1) is 10.8 Å². The van der Waals surface area contributed by atoms with E-state index in [2.05, 4.69) is 0 Å². The number of ketones is 1. The molecule has 21 heavy (non-hydrogen) atoms. The fraction of sp³-hybridized carbons (Fsp3) is 0.333. The number of alkyl halides is 3. The molecule has 2 N–H and O–H groups in total. The number of nitrogens with one attached hydrogen (secondary N) is 1. The predicted molar refractivity (Wildman–Crippen MR) is 73.8 cm³/mol. The lowest BCUT2D eigenvalue weighted by atomic mass is 9.86. The second-order valence-electron chi connectivity index (χ2n) is 5.60. The molecule has 0 unspecified atom stereocenters. The maximum Gasteiger partial charge on any atom is 0.448 e. The van der Waals surface area contributed by atoms with Crippen LogP contribution in [0.4, 0.5) is 13.2 Å². The van der Waals surface area contributed by atoms with E-state index < -0.39 is 23.1 Å². The highest BCUT2D eigenvalue weighted by Crippen LogP contribution is 2.24. The fourth-order valence-electron chi connectivity index (χ4n) is 1.54. The number of halogens is 3. The number of rotatable bonds is 3. The van der Waals surface area contributed by atoms with E-state index in [1.165, 1.54) is 24.3 Å². The van der Waals surface area contributed by atoms with Crippen LogP contribution in [0.2, 0.25) is 0 Å². The molecule has 0 saturated heterocycles. The topological polar surface area (TPSA) is 61.2 Å². The lowest BCUT2D eigenvalue weighted by Gasteiger charge is -2.16. The van der Waals surface area contributed by atoms with Gasteiger partial charge in [-0.05, 0) is 5.56 Å². The maximum absolute atomic E-state index is 12.2. The number of carbonyl (C=O) groups excluding carboxylic acids is 1. The summed E-state index contributed by atoms with van der Waals surface area (Å²) in [6.45, 7) is 5.28. The van der Waals surface area contributed by atoms with Crippen LogP contribution in [0.5, 0.6) is 0 Å². The Morgan fingerprint density at radius 3 is 1.90 bits per heavy atom. The van der Waals surface area contributed by atoms with Gasteiger partial charge in [-0.3, -0.25) is 4.79 Å². The number of Topliss-reactive ketones (excluding diaryl/α,β-unsaturated/α-hetero) is 1. The van der Waals surface area contributed by atoms with Crippen LogP contribution in [0.1, 0.15) is 36.7 Å². The Morgan fingerprint density at radius 1 is 1.10 bits per heavy atom. The second kappa shape index (κ2) is 5.71. The van der Waals surface area contributed by atoms with Gasteiger partial charge in [0.05, 0.1) is 5.71 Å². The molecule has 1 aromatic carbocycles. The largest absolute Gasteiger partial charge is 0.504 e. The summed E-state index contributed by atoms with van der Waals surface area (Å²) in [5.41, 5.74) is -0.456. The summed E-state index contributed by atoms with van der Waals surface area (Å²) in [4.78, 5) is 12.0. The van der Waals surface area contributed by atoms with E-state index in [-0.39, 0.29) is 11.3 Å². The number of aliphatic hydroxyl groups is 1. The van der Waals surface area contributed by atoms with Gasteiger partial charge in [-0.2, -0.15) is 13.2 Å². The third-order valence-corrected chi connectivity index (χ3v) is 2.71. The molecule has 0 heterocycles. The standard InChI is InChI=1S/C15H16F3NO2/c1-14(2,3)13(21)10-6-4-9(5-7-10)11(19)8-12(20)15(16,17)18/h4-8,19-20H,1-3H3/b12-8-,19-11?. The SMILES string of the molecule is CC(C)(C)C(=O)c1ccc(C(=N)/C=C(\O)C(F)(F)F)cc1. The smallest absolute Gasteiger partial charge is 0.448 e. The van der Waals surface area contributed by atoms with E-state index in [1.807, 2.05) is 0 Å². The molecule has 1 aromatic rings. The zero-order valence-electron chi connectivity index (χ0n) is 11.9. The van der Waals surface area contributed by atoms with Crippen molar-refractivity contribution in [2.45, 2.75) is 26.9 Å². The quantitative estimate of drug-likeness (QED) is 0.497. The Balaban J connectivity index is 2.99. The van der Waals surface area contributed by atoms with Gasteiger partial charge in [0.15, 0.2) is 11.5 Å². The lowest BCUT2D eigenvalue weighted by molar-refractivity contribution is -0.120. The molecule has 0 atom stereocenters. The van der Waals surface area contributed by atoms with Crippen molar-refractivity contribution >= 4 is 11.5 Å². The van der Waals surface area contributed by atoms with E-state index in [0.29, 0.717) is 11.6 Å². The van der Waals surface area contributed by atoms with Crippen LogP contribution < -0.4 is 0 Å². The highest BCUT2D eigenvalue weighted by molar-refractivity contribution is 6.07. The number of hydrogen-bond acceptors (Lipinski definition) is 3. The van der Waals surface area contributed by atoms with Crippen molar-refractivity contribution in [3.63, 3.8) is 0 Å². The van der Waals surface area contributed by atoms with Crippen molar-refractivity contribution < 1.29 is 23.1 Å². The number of hydrogen-bond donors (Lipinski definition) is 2. The van der Waals surface area contributed by atoms with Gasteiger partial charge in [0.2, 0.25) is 0 Å². The second-order valence-corrected chi connectivity index (χ2v) is 5.60. The first-order valence-electron chi connectivity index (χ1n) is 6.14. The molecule has 1 rings (SSSR count). The van der Waals surface area contributed by atoms with Crippen LogP contribution in [-0.2, 0) is 0 Å². The third-order valence-electron chi connectivity index (χ3n) is 2.71. The van der Waals surface area contributed by atoms with Crippen LogP contribution in [0.15, 0.2) is 36.1 Å². The summed E-state index contributed by atoms with van der Waals surface area (Å²) in [7, 11) is 0. The maximum atomic E-state index is 12.2. The number of carbonyl (C=O) groups is 1. The summed E-state index contributed by atoms with van der Waals surface area (Å²) in [6, 6.07) is 5.66.